The minimum absolute atomic E-state index is 0.0382. The number of carboxylic acid groups (broad SMARTS) is 1. The van der Waals surface area contributed by atoms with Gasteiger partial charge in [-0.2, -0.15) is 10.4 Å². The van der Waals surface area contributed by atoms with Gasteiger partial charge in [-0.25, -0.2) is 0 Å². The maximum atomic E-state index is 10.6. The molecule has 19 heavy (non-hydrogen) atoms. The number of aryl methyl sites for hydroxylation is 1. The largest absolute Gasteiger partial charge is 0.481 e. The fraction of sp³-hybridized carbons (Fsp3) is 0.538. The van der Waals surface area contributed by atoms with Crippen LogP contribution in [0, 0.1) is 11.3 Å². The third-order valence-corrected chi connectivity index (χ3v) is 2.82. The normalized spacial score (nSPS) is 11.7. The van der Waals surface area contributed by atoms with E-state index >= 15 is 0 Å². The van der Waals surface area contributed by atoms with Crippen molar-refractivity contribution in [1.29, 1.82) is 5.26 Å². The van der Waals surface area contributed by atoms with Gasteiger partial charge in [0.15, 0.2) is 5.82 Å². The topological polar surface area (TPSA) is 98.9 Å². The highest BCUT2D eigenvalue weighted by Gasteiger charge is 2.16. The lowest BCUT2D eigenvalue weighted by Crippen LogP contribution is -2.21. The molecule has 1 unspecified atom stereocenters. The van der Waals surface area contributed by atoms with Crippen molar-refractivity contribution in [2.24, 2.45) is 0 Å². The molecule has 0 fully saturated rings. The summed E-state index contributed by atoms with van der Waals surface area (Å²) in [5.41, 5.74) is 2.16. The fourth-order valence-electron chi connectivity index (χ4n) is 1.94. The van der Waals surface area contributed by atoms with Crippen LogP contribution in [0.4, 0.5) is 5.82 Å². The molecular formula is C13H18N4O2. The molecular weight excluding hydrogens is 244 g/mol. The highest BCUT2D eigenvalue weighted by molar-refractivity contribution is 5.68. The zero-order valence-electron chi connectivity index (χ0n) is 11.4. The number of aromatic nitrogens is 2. The monoisotopic (exact) mass is 262 g/mol. The Labute approximate surface area is 112 Å². The molecule has 1 atom stereocenters. The molecule has 6 heteroatoms. The molecule has 0 radical (unpaired) electrons. The van der Waals surface area contributed by atoms with Gasteiger partial charge in [0.1, 0.15) is 11.6 Å². The standard InChI is InChI=1S/C13H18N4O2/c1-4-9-10(7-14)13(17-16-11(9)5-2)15-8(3)6-12(18)19/h8H,4-6H2,1-3H3,(H,15,17)(H,18,19). The Balaban J connectivity index is 3.09. The summed E-state index contributed by atoms with van der Waals surface area (Å²) in [4.78, 5) is 10.6. The molecule has 0 aromatic carbocycles. The Morgan fingerprint density at radius 1 is 1.42 bits per heavy atom. The van der Waals surface area contributed by atoms with Crippen LogP contribution in [0.2, 0.25) is 0 Å². The number of rotatable bonds is 6. The van der Waals surface area contributed by atoms with Gasteiger partial charge in [0.05, 0.1) is 12.1 Å². The molecule has 1 aromatic rings. The number of carbonyl (C=O) groups is 1. The van der Waals surface area contributed by atoms with Crippen LogP contribution in [-0.4, -0.2) is 27.3 Å². The van der Waals surface area contributed by atoms with Crippen molar-refractivity contribution >= 4 is 11.8 Å². The number of nitrogens with one attached hydrogen (secondary N) is 1. The Morgan fingerprint density at radius 3 is 2.58 bits per heavy atom. The summed E-state index contributed by atoms with van der Waals surface area (Å²) in [7, 11) is 0. The second-order valence-corrected chi connectivity index (χ2v) is 4.31. The van der Waals surface area contributed by atoms with Crippen LogP contribution in [0.25, 0.3) is 0 Å². The molecule has 6 nitrogen and oxygen atoms in total. The maximum absolute atomic E-state index is 10.6. The minimum atomic E-state index is -0.896. The summed E-state index contributed by atoms with van der Waals surface area (Å²) in [6.07, 6.45) is 1.38. The highest BCUT2D eigenvalue weighted by atomic mass is 16.4. The van der Waals surface area contributed by atoms with E-state index in [0.717, 1.165) is 17.7 Å². The number of anilines is 1. The van der Waals surface area contributed by atoms with Crippen molar-refractivity contribution < 1.29 is 9.90 Å². The molecule has 0 bridgehead atoms. The van der Waals surface area contributed by atoms with Gasteiger partial charge >= 0.3 is 5.97 Å². The summed E-state index contributed by atoms with van der Waals surface area (Å²) < 4.78 is 0. The van der Waals surface area contributed by atoms with E-state index in [1.165, 1.54) is 0 Å². The lowest BCUT2D eigenvalue weighted by Gasteiger charge is -2.15. The van der Waals surface area contributed by atoms with Crippen LogP contribution in [0.1, 0.15) is 44.0 Å². The lowest BCUT2D eigenvalue weighted by molar-refractivity contribution is -0.137. The first-order chi connectivity index (χ1) is 9.03. The van der Waals surface area contributed by atoms with Gasteiger partial charge < -0.3 is 10.4 Å². The van der Waals surface area contributed by atoms with Crippen LogP contribution in [0.15, 0.2) is 0 Å². The molecule has 0 aliphatic rings. The zero-order valence-corrected chi connectivity index (χ0v) is 11.4. The Morgan fingerprint density at radius 2 is 2.11 bits per heavy atom. The van der Waals surface area contributed by atoms with Crippen molar-refractivity contribution in [3.05, 3.63) is 16.8 Å². The molecule has 1 rings (SSSR count). The van der Waals surface area contributed by atoms with E-state index in [0.29, 0.717) is 17.8 Å². The second-order valence-electron chi connectivity index (χ2n) is 4.31. The van der Waals surface area contributed by atoms with Crippen molar-refractivity contribution in [3.8, 4) is 6.07 Å². The summed E-state index contributed by atoms with van der Waals surface area (Å²) in [5.74, 6) is -0.530. The Kier molecular flexibility index (Phi) is 5.24. The molecule has 102 valence electrons. The van der Waals surface area contributed by atoms with Gasteiger partial charge in [-0.05, 0) is 25.3 Å². The molecule has 0 saturated heterocycles. The van der Waals surface area contributed by atoms with Crippen molar-refractivity contribution in [1.82, 2.24) is 10.2 Å². The van der Waals surface area contributed by atoms with E-state index in [9.17, 15) is 10.1 Å². The third kappa shape index (κ3) is 3.65. The number of hydrogen-bond acceptors (Lipinski definition) is 5. The van der Waals surface area contributed by atoms with Crippen LogP contribution in [0.3, 0.4) is 0 Å². The smallest absolute Gasteiger partial charge is 0.305 e. The minimum Gasteiger partial charge on any atom is -0.481 e. The van der Waals surface area contributed by atoms with Gasteiger partial charge in [0, 0.05) is 6.04 Å². The molecule has 2 N–H and O–H groups in total. The van der Waals surface area contributed by atoms with E-state index in [-0.39, 0.29) is 12.5 Å². The lowest BCUT2D eigenvalue weighted by atomic mass is 10.0. The van der Waals surface area contributed by atoms with Gasteiger partial charge in [0.2, 0.25) is 0 Å². The van der Waals surface area contributed by atoms with Crippen molar-refractivity contribution in [3.63, 3.8) is 0 Å². The van der Waals surface area contributed by atoms with E-state index in [2.05, 4.69) is 21.6 Å². The zero-order chi connectivity index (χ0) is 14.4. The first-order valence-corrected chi connectivity index (χ1v) is 6.30. The fourth-order valence-corrected chi connectivity index (χ4v) is 1.94. The van der Waals surface area contributed by atoms with Gasteiger partial charge in [-0.1, -0.05) is 13.8 Å². The average molecular weight is 262 g/mol. The van der Waals surface area contributed by atoms with Crippen molar-refractivity contribution in [2.75, 3.05) is 5.32 Å². The molecule has 0 saturated carbocycles. The van der Waals surface area contributed by atoms with E-state index in [4.69, 9.17) is 5.11 Å². The van der Waals surface area contributed by atoms with Gasteiger partial charge in [0.25, 0.3) is 0 Å². The third-order valence-electron chi connectivity index (χ3n) is 2.82. The summed E-state index contributed by atoms with van der Waals surface area (Å²) >= 11 is 0. The quantitative estimate of drug-likeness (QED) is 0.810. The molecule has 1 aromatic heterocycles. The van der Waals surface area contributed by atoms with Crippen molar-refractivity contribution in [2.45, 2.75) is 46.1 Å². The molecule has 0 aliphatic carbocycles. The molecule has 0 aliphatic heterocycles. The number of hydrogen-bond donors (Lipinski definition) is 2. The molecule has 0 spiro atoms. The van der Waals surface area contributed by atoms with Crippen LogP contribution in [0.5, 0.6) is 0 Å². The van der Waals surface area contributed by atoms with Gasteiger partial charge in [-0.3, -0.25) is 4.79 Å². The summed E-state index contributed by atoms with van der Waals surface area (Å²) in [6, 6.07) is 1.83. The summed E-state index contributed by atoms with van der Waals surface area (Å²) in [5, 5.41) is 29.0. The van der Waals surface area contributed by atoms with E-state index in [1.54, 1.807) is 6.92 Å². The maximum Gasteiger partial charge on any atom is 0.305 e. The van der Waals surface area contributed by atoms with Crippen LogP contribution < -0.4 is 5.32 Å². The number of nitriles is 1. The molecule has 1 heterocycles. The first-order valence-electron chi connectivity index (χ1n) is 6.30. The molecule has 0 amide bonds. The second kappa shape index (κ2) is 6.69. The number of nitrogens with zero attached hydrogens (tertiary/aromatic N) is 3. The SMILES string of the molecule is CCc1nnc(NC(C)CC(=O)O)c(C#N)c1CC. The predicted octanol–water partition coefficient (Wildman–Crippen LogP) is 1.75. The predicted molar refractivity (Wildman–Crippen MR) is 70.8 cm³/mol. The van der Waals surface area contributed by atoms with Crippen LogP contribution in [-0.2, 0) is 17.6 Å². The van der Waals surface area contributed by atoms with E-state index < -0.39 is 5.97 Å². The van der Waals surface area contributed by atoms with Gasteiger partial charge in [-0.15, -0.1) is 5.10 Å². The van der Waals surface area contributed by atoms with Crippen LogP contribution >= 0.6 is 0 Å². The number of carboxylic acids is 1. The average Bonchev–Trinajstić information content (AvgIpc) is 2.36. The first kappa shape index (κ1) is 14.9. The number of aliphatic carboxylic acids is 1. The highest BCUT2D eigenvalue weighted by Crippen LogP contribution is 2.20. The van der Waals surface area contributed by atoms with E-state index in [1.807, 2.05) is 13.8 Å². The summed E-state index contributed by atoms with van der Waals surface area (Å²) in [6.45, 7) is 5.66. The Hall–Kier alpha value is -2.16. The Bertz CT molecular complexity index is 508.